The molecule has 216 valence electrons. The summed E-state index contributed by atoms with van der Waals surface area (Å²) in [6, 6.07) is 16.3. The number of nitrogens with zero attached hydrogens (tertiary/aromatic N) is 2. The smallest absolute Gasteiger partial charge is 0.416 e. The normalized spacial score (nSPS) is 11.4. The Kier molecular flexibility index (Phi) is 9.64. The highest BCUT2D eigenvalue weighted by atomic mass is 35.5. The van der Waals surface area contributed by atoms with Gasteiger partial charge in [0.05, 0.1) is 35.4 Å². The molecule has 0 aliphatic rings. The highest BCUT2D eigenvalue weighted by Gasteiger charge is 2.33. The zero-order valence-electron chi connectivity index (χ0n) is 21.8. The maximum atomic E-state index is 14.0. The molecule has 0 bridgehead atoms. The number of methoxy groups -OCH3 is 1. The van der Waals surface area contributed by atoms with Crippen LogP contribution < -0.4 is 14.9 Å². The van der Waals surface area contributed by atoms with Crippen LogP contribution in [0.1, 0.15) is 27.0 Å². The van der Waals surface area contributed by atoms with Crippen molar-refractivity contribution in [3.8, 4) is 16.9 Å². The Morgan fingerprint density at radius 1 is 1.00 bits per heavy atom. The highest BCUT2D eigenvalue weighted by molar-refractivity contribution is 7.92. The summed E-state index contributed by atoms with van der Waals surface area (Å²) in [4.78, 5) is 21.4. The molecule has 0 radical (unpaired) electrons. The number of carbonyl (C=O) groups excluding carboxylic acids is 1. The van der Waals surface area contributed by atoms with Gasteiger partial charge in [-0.25, -0.2) is 13.2 Å². The number of hydrogen-bond acceptors (Lipinski definition) is 7. The summed E-state index contributed by atoms with van der Waals surface area (Å²) in [7, 11) is -2.87. The SMILES string of the molecule is COc1ccc(S(=O)(=O)N(Cc2cccnc2)c2c(C)cc(-c3cccc(C(F)(F)F)c3)cc2C(=O)ON)cc1.Cl. The molecule has 0 unspecified atom stereocenters. The van der Waals surface area contributed by atoms with Gasteiger partial charge in [-0.1, -0.05) is 18.2 Å². The van der Waals surface area contributed by atoms with E-state index >= 15 is 0 Å². The average Bonchev–Trinajstić information content (AvgIpc) is 2.95. The Bertz CT molecular complexity index is 1630. The first-order chi connectivity index (χ1) is 19.0. The van der Waals surface area contributed by atoms with Gasteiger partial charge in [0.15, 0.2) is 0 Å². The quantitative estimate of drug-likeness (QED) is 0.247. The van der Waals surface area contributed by atoms with E-state index in [4.69, 9.17) is 10.6 Å². The van der Waals surface area contributed by atoms with Crippen molar-refractivity contribution in [3.05, 3.63) is 107 Å². The van der Waals surface area contributed by atoms with Crippen LogP contribution >= 0.6 is 12.4 Å². The summed E-state index contributed by atoms with van der Waals surface area (Å²) in [5.74, 6) is 4.57. The number of aryl methyl sites for hydroxylation is 1. The number of rotatable bonds is 8. The van der Waals surface area contributed by atoms with Gasteiger partial charge in [0.25, 0.3) is 10.0 Å². The first kappa shape index (κ1) is 31.4. The van der Waals surface area contributed by atoms with E-state index < -0.39 is 27.7 Å². The molecular formula is C28H25ClF3N3O5S. The molecule has 0 spiro atoms. The van der Waals surface area contributed by atoms with E-state index in [-0.39, 0.29) is 51.8 Å². The van der Waals surface area contributed by atoms with Crippen LogP contribution in [-0.2, 0) is 27.6 Å². The number of alkyl halides is 3. The van der Waals surface area contributed by atoms with Crippen molar-refractivity contribution >= 4 is 34.1 Å². The molecule has 0 amide bonds. The molecule has 8 nitrogen and oxygen atoms in total. The number of nitrogens with two attached hydrogens (primary N) is 1. The van der Waals surface area contributed by atoms with E-state index in [2.05, 4.69) is 9.82 Å². The zero-order valence-corrected chi connectivity index (χ0v) is 23.4. The zero-order chi connectivity index (χ0) is 29.1. The summed E-state index contributed by atoms with van der Waals surface area (Å²) < 4.78 is 74.3. The lowest BCUT2D eigenvalue weighted by Gasteiger charge is -2.28. The van der Waals surface area contributed by atoms with Crippen LogP contribution in [0, 0.1) is 6.92 Å². The third-order valence-electron chi connectivity index (χ3n) is 6.10. The third-order valence-corrected chi connectivity index (χ3v) is 7.86. The number of sulfonamides is 1. The molecule has 1 heterocycles. The number of anilines is 1. The first-order valence-electron chi connectivity index (χ1n) is 11.7. The van der Waals surface area contributed by atoms with Crippen molar-refractivity contribution in [2.24, 2.45) is 5.90 Å². The number of ether oxygens (including phenoxy) is 1. The molecule has 13 heteroatoms. The van der Waals surface area contributed by atoms with Gasteiger partial charge in [0, 0.05) is 12.4 Å². The number of aromatic nitrogens is 1. The van der Waals surface area contributed by atoms with Crippen LogP contribution in [-0.4, -0.2) is 26.5 Å². The summed E-state index contributed by atoms with van der Waals surface area (Å²) >= 11 is 0. The number of hydrogen-bond donors (Lipinski definition) is 1. The Morgan fingerprint density at radius 2 is 1.71 bits per heavy atom. The monoisotopic (exact) mass is 607 g/mol. The van der Waals surface area contributed by atoms with E-state index in [0.717, 1.165) is 16.4 Å². The van der Waals surface area contributed by atoms with Crippen LogP contribution in [0.25, 0.3) is 11.1 Å². The van der Waals surface area contributed by atoms with E-state index in [0.29, 0.717) is 11.3 Å². The third kappa shape index (κ3) is 6.79. The van der Waals surface area contributed by atoms with E-state index in [9.17, 15) is 26.4 Å². The second-order valence-corrected chi connectivity index (χ2v) is 10.6. The molecule has 2 N–H and O–H groups in total. The molecule has 0 aliphatic heterocycles. The summed E-state index contributed by atoms with van der Waals surface area (Å²) in [6.07, 6.45) is -1.58. The first-order valence-corrected chi connectivity index (χ1v) is 13.2. The summed E-state index contributed by atoms with van der Waals surface area (Å²) in [6.45, 7) is 1.32. The average molecular weight is 608 g/mol. The van der Waals surface area contributed by atoms with Crippen molar-refractivity contribution < 1.29 is 36.0 Å². The van der Waals surface area contributed by atoms with Gasteiger partial charge in [0.1, 0.15) is 5.75 Å². The Hall–Kier alpha value is -4.13. The molecule has 4 rings (SSSR count). The topological polar surface area (TPSA) is 112 Å². The summed E-state index contributed by atoms with van der Waals surface area (Å²) in [5, 5.41) is 0. The minimum absolute atomic E-state index is 0. The van der Waals surface area contributed by atoms with E-state index in [1.807, 2.05) is 0 Å². The fourth-order valence-corrected chi connectivity index (χ4v) is 5.72. The van der Waals surface area contributed by atoms with Gasteiger partial charge < -0.3 is 9.57 Å². The summed E-state index contributed by atoms with van der Waals surface area (Å²) in [5.41, 5.74) is -0.00992. The number of benzene rings is 3. The minimum atomic E-state index is -4.59. The lowest BCUT2D eigenvalue weighted by molar-refractivity contribution is -0.137. The Labute approximate surface area is 240 Å². The van der Waals surface area contributed by atoms with Gasteiger partial charge in [0.2, 0.25) is 0 Å². The molecule has 41 heavy (non-hydrogen) atoms. The van der Waals surface area contributed by atoms with Crippen molar-refractivity contribution in [1.82, 2.24) is 4.98 Å². The van der Waals surface area contributed by atoms with Crippen LogP contribution in [0.5, 0.6) is 5.75 Å². The Morgan fingerprint density at radius 3 is 2.29 bits per heavy atom. The molecule has 0 saturated carbocycles. The van der Waals surface area contributed by atoms with Gasteiger partial charge in [-0.3, -0.25) is 9.29 Å². The van der Waals surface area contributed by atoms with Crippen molar-refractivity contribution in [1.29, 1.82) is 0 Å². The van der Waals surface area contributed by atoms with E-state index in [1.165, 1.54) is 68.0 Å². The molecule has 0 saturated heterocycles. The maximum Gasteiger partial charge on any atom is 0.416 e. The molecular weight excluding hydrogens is 583 g/mol. The molecule has 3 aromatic carbocycles. The largest absolute Gasteiger partial charge is 0.497 e. The standard InChI is InChI=1S/C28H24F3N3O5S.ClH/c1-18-13-21(20-6-3-7-22(14-20)28(29,30)31)15-25(27(35)39-32)26(18)34(17-19-5-4-12-33-16-19)40(36,37)24-10-8-23(38-2)9-11-24;/h3-16H,17,32H2,1-2H3;1H. The predicted molar refractivity (Wildman–Crippen MR) is 149 cm³/mol. The second-order valence-electron chi connectivity index (χ2n) is 8.72. The fraction of sp³-hybridized carbons (Fsp3) is 0.143. The lowest BCUT2D eigenvalue weighted by Crippen LogP contribution is -2.33. The Balaban J connectivity index is 0.00000462. The molecule has 0 aliphatic carbocycles. The maximum absolute atomic E-state index is 14.0. The predicted octanol–water partition coefficient (Wildman–Crippen LogP) is 5.93. The number of halogens is 4. The molecule has 4 aromatic rings. The second kappa shape index (κ2) is 12.6. The van der Waals surface area contributed by atoms with Crippen LogP contribution in [0.2, 0.25) is 0 Å². The van der Waals surface area contributed by atoms with Gasteiger partial charge in [-0.05, 0) is 83.8 Å². The van der Waals surface area contributed by atoms with Crippen LogP contribution in [0.15, 0.2) is 90.1 Å². The van der Waals surface area contributed by atoms with Crippen molar-refractivity contribution in [3.63, 3.8) is 0 Å². The molecule has 0 fully saturated rings. The van der Waals surface area contributed by atoms with Crippen LogP contribution in [0.3, 0.4) is 0 Å². The van der Waals surface area contributed by atoms with Crippen LogP contribution in [0.4, 0.5) is 18.9 Å². The minimum Gasteiger partial charge on any atom is -0.497 e. The number of pyridine rings is 1. The number of carbonyl (C=O) groups is 1. The van der Waals surface area contributed by atoms with Crippen molar-refractivity contribution in [2.75, 3.05) is 11.4 Å². The highest BCUT2D eigenvalue weighted by Crippen LogP contribution is 2.38. The van der Waals surface area contributed by atoms with E-state index in [1.54, 1.807) is 19.1 Å². The van der Waals surface area contributed by atoms with Gasteiger partial charge in [-0.15, -0.1) is 12.4 Å². The molecule has 0 atom stereocenters. The van der Waals surface area contributed by atoms with Crippen molar-refractivity contribution in [2.45, 2.75) is 24.5 Å². The fourth-order valence-electron chi connectivity index (χ4n) is 4.19. The molecule has 1 aromatic heterocycles. The lowest BCUT2D eigenvalue weighted by atomic mass is 9.96. The van der Waals surface area contributed by atoms with Gasteiger partial charge >= 0.3 is 12.1 Å². The van der Waals surface area contributed by atoms with Gasteiger partial charge in [-0.2, -0.15) is 19.1 Å².